The Hall–Kier alpha value is -0.600. The molecule has 0 radical (unpaired) electrons. The summed E-state index contributed by atoms with van der Waals surface area (Å²) in [6.07, 6.45) is 6.62. The van der Waals surface area contributed by atoms with Crippen LogP contribution in [0, 0.1) is 0 Å². The lowest BCUT2D eigenvalue weighted by Crippen LogP contribution is -2.27. The molecule has 0 spiro atoms. The summed E-state index contributed by atoms with van der Waals surface area (Å²) in [5.41, 5.74) is 1.39. The molecule has 0 fully saturated rings. The lowest BCUT2D eigenvalue weighted by molar-refractivity contribution is 0.504. The molecule has 1 aromatic carbocycles. The molecule has 1 N–H and O–H groups in total. The molecular formula is C14H20BrN. The van der Waals surface area contributed by atoms with E-state index in [4.69, 9.17) is 0 Å². The molecule has 0 aliphatic heterocycles. The molecule has 0 bridgehead atoms. The SMILES string of the molecule is C=CCCCC(Cc1ccc(Br)cc1)NC. The second-order valence-electron chi connectivity index (χ2n) is 4.04. The number of likely N-dealkylation sites (N-methyl/N-ethyl adjacent to an activating group) is 1. The van der Waals surface area contributed by atoms with Crippen molar-refractivity contribution in [3.8, 4) is 0 Å². The van der Waals surface area contributed by atoms with Crippen LogP contribution in [0.1, 0.15) is 24.8 Å². The zero-order valence-corrected chi connectivity index (χ0v) is 11.5. The predicted octanol–water partition coefficient (Wildman–Crippen LogP) is 3.94. The molecule has 0 aliphatic rings. The van der Waals surface area contributed by atoms with Gasteiger partial charge in [0.2, 0.25) is 0 Å². The molecule has 0 saturated carbocycles. The van der Waals surface area contributed by atoms with E-state index < -0.39 is 0 Å². The van der Waals surface area contributed by atoms with E-state index in [1.807, 2.05) is 13.1 Å². The minimum atomic E-state index is 0.570. The van der Waals surface area contributed by atoms with Gasteiger partial charge in [0.25, 0.3) is 0 Å². The van der Waals surface area contributed by atoms with Crippen LogP contribution in [0.5, 0.6) is 0 Å². The van der Waals surface area contributed by atoms with Crippen molar-refractivity contribution in [3.05, 3.63) is 47.0 Å². The van der Waals surface area contributed by atoms with Gasteiger partial charge in [-0.3, -0.25) is 0 Å². The largest absolute Gasteiger partial charge is 0.317 e. The normalized spacial score (nSPS) is 12.4. The first-order valence-corrected chi connectivity index (χ1v) is 6.58. The van der Waals surface area contributed by atoms with Crippen molar-refractivity contribution in [1.29, 1.82) is 0 Å². The number of allylic oxidation sites excluding steroid dienone is 1. The predicted molar refractivity (Wildman–Crippen MR) is 74.7 cm³/mol. The maximum atomic E-state index is 3.75. The first-order chi connectivity index (χ1) is 7.76. The molecule has 2 heteroatoms. The van der Waals surface area contributed by atoms with Gasteiger partial charge >= 0.3 is 0 Å². The van der Waals surface area contributed by atoms with E-state index in [0.29, 0.717) is 6.04 Å². The van der Waals surface area contributed by atoms with E-state index in [1.54, 1.807) is 0 Å². The van der Waals surface area contributed by atoms with Gasteiger partial charge < -0.3 is 5.32 Å². The highest BCUT2D eigenvalue weighted by molar-refractivity contribution is 9.10. The number of benzene rings is 1. The number of rotatable bonds is 7. The van der Waals surface area contributed by atoms with Gasteiger partial charge in [-0.1, -0.05) is 34.1 Å². The van der Waals surface area contributed by atoms with Crippen LogP contribution < -0.4 is 5.32 Å². The molecule has 16 heavy (non-hydrogen) atoms. The van der Waals surface area contributed by atoms with Gasteiger partial charge in [-0.25, -0.2) is 0 Å². The monoisotopic (exact) mass is 281 g/mol. The van der Waals surface area contributed by atoms with E-state index in [0.717, 1.165) is 17.3 Å². The molecule has 0 aliphatic carbocycles. The molecule has 0 aromatic heterocycles. The summed E-state index contributed by atoms with van der Waals surface area (Å²) in [6, 6.07) is 9.14. The molecule has 0 amide bonds. The molecular weight excluding hydrogens is 262 g/mol. The third kappa shape index (κ3) is 4.95. The summed E-state index contributed by atoms with van der Waals surface area (Å²) in [4.78, 5) is 0. The van der Waals surface area contributed by atoms with Crippen molar-refractivity contribution in [3.63, 3.8) is 0 Å². The van der Waals surface area contributed by atoms with Crippen LogP contribution in [0.2, 0.25) is 0 Å². The topological polar surface area (TPSA) is 12.0 Å². The smallest absolute Gasteiger partial charge is 0.0175 e. The molecule has 1 atom stereocenters. The summed E-state index contributed by atoms with van der Waals surface area (Å²) in [5, 5.41) is 3.38. The van der Waals surface area contributed by atoms with E-state index in [-0.39, 0.29) is 0 Å². The second-order valence-corrected chi connectivity index (χ2v) is 4.95. The molecule has 1 rings (SSSR count). The first kappa shape index (κ1) is 13.5. The Morgan fingerprint density at radius 3 is 2.62 bits per heavy atom. The number of unbranched alkanes of at least 4 members (excludes halogenated alkanes) is 1. The van der Waals surface area contributed by atoms with Crippen molar-refractivity contribution in [1.82, 2.24) is 5.32 Å². The van der Waals surface area contributed by atoms with Gasteiger partial charge in [0, 0.05) is 10.5 Å². The lowest BCUT2D eigenvalue weighted by Gasteiger charge is -2.15. The van der Waals surface area contributed by atoms with Gasteiger partial charge in [-0.05, 0) is 50.4 Å². The van der Waals surface area contributed by atoms with Crippen LogP contribution in [0.3, 0.4) is 0 Å². The molecule has 1 unspecified atom stereocenters. The van der Waals surface area contributed by atoms with Crippen LogP contribution in [0.4, 0.5) is 0 Å². The third-order valence-electron chi connectivity index (χ3n) is 2.76. The summed E-state index contributed by atoms with van der Waals surface area (Å²) in [7, 11) is 2.04. The Labute approximate surface area is 107 Å². The Balaban J connectivity index is 2.42. The van der Waals surface area contributed by atoms with Gasteiger partial charge in [-0.2, -0.15) is 0 Å². The summed E-state index contributed by atoms with van der Waals surface area (Å²) in [5.74, 6) is 0. The fourth-order valence-electron chi connectivity index (χ4n) is 1.76. The Kier molecular flexibility index (Phi) is 6.43. The van der Waals surface area contributed by atoms with Crippen molar-refractivity contribution < 1.29 is 0 Å². The Morgan fingerprint density at radius 1 is 1.38 bits per heavy atom. The summed E-state index contributed by atoms with van der Waals surface area (Å²) >= 11 is 3.45. The lowest BCUT2D eigenvalue weighted by atomic mass is 10.0. The van der Waals surface area contributed by atoms with Gasteiger partial charge in [0.05, 0.1) is 0 Å². The van der Waals surface area contributed by atoms with Crippen LogP contribution in [0.25, 0.3) is 0 Å². The molecule has 0 heterocycles. The van der Waals surface area contributed by atoms with Crippen molar-refractivity contribution >= 4 is 15.9 Å². The van der Waals surface area contributed by atoms with E-state index in [2.05, 4.69) is 52.1 Å². The standard InChI is InChI=1S/C14H20BrN/c1-3-4-5-6-14(16-2)11-12-7-9-13(15)10-8-12/h3,7-10,14,16H,1,4-6,11H2,2H3. The van der Waals surface area contributed by atoms with Crippen LogP contribution in [-0.4, -0.2) is 13.1 Å². The highest BCUT2D eigenvalue weighted by Crippen LogP contribution is 2.13. The van der Waals surface area contributed by atoms with Gasteiger partial charge in [0.15, 0.2) is 0 Å². The van der Waals surface area contributed by atoms with Gasteiger partial charge in [0.1, 0.15) is 0 Å². The van der Waals surface area contributed by atoms with E-state index >= 15 is 0 Å². The van der Waals surface area contributed by atoms with Crippen molar-refractivity contribution in [2.75, 3.05) is 7.05 Å². The molecule has 88 valence electrons. The molecule has 1 nitrogen and oxygen atoms in total. The minimum Gasteiger partial charge on any atom is -0.317 e. The average Bonchev–Trinajstić information content (AvgIpc) is 2.31. The Bertz CT molecular complexity index is 305. The summed E-state index contributed by atoms with van der Waals surface area (Å²) < 4.78 is 1.14. The number of hydrogen-bond donors (Lipinski definition) is 1. The number of nitrogens with one attached hydrogen (secondary N) is 1. The number of hydrogen-bond acceptors (Lipinski definition) is 1. The Morgan fingerprint density at radius 2 is 2.06 bits per heavy atom. The van der Waals surface area contributed by atoms with E-state index in [9.17, 15) is 0 Å². The maximum Gasteiger partial charge on any atom is 0.0175 e. The zero-order valence-electron chi connectivity index (χ0n) is 9.88. The van der Waals surface area contributed by atoms with Crippen LogP contribution in [0.15, 0.2) is 41.4 Å². The average molecular weight is 282 g/mol. The summed E-state index contributed by atoms with van der Waals surface area (Å²) in [6.45, 7) is 3.75. The zero-order chi connectivity index (χ0) is 11.8. The number of halogens is 1. The highest BCUT2D eigenvalue weighted by Gasteiger charge is 2.06. The van der Waals surface area contributed by atoms with Crippen molar-refractivity contribution in [2.24, 2.45) is 0 Å². The van der Waals surface area contributed by atoms with E-state index in [1.165, 1.54) is 18.4 Å². The minimum absolute atomic E-state index is 0.570. The van der Waals surface area contributed by atoms with Crippen LogP contribution >= 0.6 is 15.9 Å². The fraction of sp³-hybridized carbons (Fsp3) is 0.429. The van der Waals surface area contributed by atoms with Crippen molar-refractivity contribution in [2.45, 2.75) is 31.7 Å². The fourth-order valence-corrected chi connectivity index (χ4v) is 2.03. The van der Waals surface area contributed by atoms with Crippen LogP contribution in [-0.2, 0) is 6.42 Å². The molecule has 1 aromatic rings. The molecule has 0 saturated heterocycles. The quantitative estimate of drug-likeness (QED) is 0.590. The van der Waals surface area contributed by atoms with Gasteiger partial charge in [-0.15, -0.1) is 6.58 Å². The maximum absolute atomic E-state index is 3.75. The second kappa shape index (κ2) is 7.64. The third-order valence-corrected chi connectivity index (χ3v) is 3.29. The first-order valence-electron chi connectivity index (χ1n) is 5.79. The highest BCUT2D eigenvalue weighted by atomic mass is 79.9.